The molecule has 0 spiro atoms. The van der Waals surface area contributed by atoms with Crippen molar-refractivity contribution in [1.82, 2.24) is 10.6 Å². The fourth-order valence-corrected chi connectivity index (χ4v) is 1.96. The number of carbonyl (C=O) groups excluding carboxylic acids is 3. The molecule has 0 aliphatic heterocycles. The maximum absolute atomic E-state index is 11.8. The average Bonchev–Trinajstić information content (AvgIpc) is 2.60. The van der Waals surface area contributed by atoms with Gasteiger partial charge >= 0.3 is 0 Å². The van der Waals surface area contributed by atoms with E-state index >= 15 is 0 Å². The topological polar surface area (TPSA) is 87.3 Å². The lowest BCUT2D eigenvalue weighted by molar-refractivity contribution is -0.123. The minimum Gasteiger partial charge on any atom is -0.345 e. The van der Waals surface area contributed by atoms with E-state index in [0.717, 1.165) is 0 Å². The van der Waals surface area contributed by atoms with Gasteiger partial charge in [-0.05, 0) is 36.4 Å². The van der Waals surface area contributed by atoms with Crippen molar-refractivity contribution in [3.8, 4) is 0 Å². The SMILES string of the molecule is O=C(CNC(=O)c1ccccc1)NCC(=O)Nc1ccc(Cl)cc1. The molecule has 6 nitrogen and oxygen atoms in total. The molecule has 0 atom stereocenters. The molecule has 0 aromatic heterocycles. The second kappa shape index (κ2) is 8.69. The van der Waals surface area contributed by atoms with E-state index in [0.29, 0.717) is 16.3 Å². The standard InChI is InChI=1S/C17H16ClN3O3/c18-13-6-8-14(9-7-13)21-16(23)11-19-15(22)10-20-17(24)12-4-2-1-3-5-12/h1-9H,10-11H2,(H,19,22)(H,20,24)(H,21,23). The van der Waals surface area contributed by atoms with Crippen molar-refractivity contribution in [2.24, 2.45) is 0 Å². The molecule has 0 radical (unpaired) electrons. The first-order valence-electron chi connectivity index (χ1n) is 7.20. The van der Waals surface area contributed by atoms with Crippen molar-refractivity contribution in [3.05, 3.63) is 65.2 Å². The van der Waals surface area contributed by atoms with Gasteiger partial charge in [0.25, 0.3) is 5.91 Å². The van der Waals surface area contributed by atoms with Gasteiger partial charge < -0.3 is 16.0 Å². The lowest BCUT2D eigenvalue weighted by Gasteiger charge is -2.08. The predicted octanol–water partition coefficient (Wildman–Crippen LogP) is 1.82. The van der Waals surface area contributed by atoms with Crippen molar-refractivity contribution in [1.29, 1.82) is 0 Å². The fourth-order valence-electron chi connectivity index (χ4n) is 1.83. The van der Waals surface area contributed by atoms with Crippen LogP contribution in [0.2, 0.25) is 5.02 Å². The highest BCUT2D eigenvalue weighted by atomic mass is 35.5. The van der Waals surface area contributed by atoms with Crippen LogP contribution in [0.5, 0.6) is 0 Å². The number of anilines is 1. The molecule has 3 amide bonds. The van der Waals surface area contributed by atoms with Crippen LogP contribution in [-0.2, 0) is 9.59 Å². The number of amides is 3. The van der Waals surface area contributed by atoms with E-state index in [1.54, 1.807) is 54.6 Å². The zero-order valence-electron chi connectivity index (χ0n) is 12.7. The lowest BCUT2D eigenvalue weighted by Crippen LogP contribution is -2.40. The van der Waals surface area contributed by atoms with Crippen LogP contribution >= 0.6 is 11.6 Å². The molecule has 3 N–H and O–H groups in total. The fraction of sp³-hybridized carbons (Fsp3) is 0.118. The van der Waals surface area contributed by atoms with Crippen molar-refractivity contribution < 1.29 is 14.4 Å². The van der Waals surface area contributed by atoms with Crippen LogP contribution in [0.25, 0.3) is 0 Å². The van der Waals surface area contributed by atoms with E-state index in [2.05, 4.69) is 16.0 Å². The Balaban J connectivity index is 1.70. The highest BCUT2D eigenvalue weighted by Crippen LogP contribution is 2.12. The van der Waals surface area contributed by atoms with Crippen LogP contribution < -0.4 is 16.0 Å². The molecule has 24 heavy (non-hydrogen) atoms. The van der Waals surface area contributed by atoms with Crippen molar-refractivity contribution in [3.63, 3.8) is 0 Å². The minimum absolute atomic E-state index is 0.192. The summed E-state index contributed by atoms with van der Waals surface area (Å²) in [4.78, 5) is 35.1. The summed E-state index contributed by atoms with van der Waals surface area (Å²) in [7, 11) is 0. The summed E-state index contributed by atoms with van der Waals surface area (Å²) < 4.78 is 0. The Labute approximate surface area is 144 Å². The number of hydrogen-bond donors (Lipinski definition) is 3. The van der Waals surface area contributed by atoms with Crippen LogP contribution in [0, 0.1) is 0 Å². The lowest BCUT2D eigenvalue weighted by atomic mass is 10.2. The molecule has 2 rings (SSSR count). The first-order chi connectivity index (χ1) is 11.5. The number of hydrogen-bond acceptors (Lipinski definition) is 3. The summed E-state index contributed by atoms with van der Waals surface area (Å²) in [6.07, 6.45) is 0. The molecular weight excluding hydrogens is 330 g/mol. The number of carbonyl (C=O) groups is 3. The van der Waals surface area contributed by atoms with Crippen LogP contribution in [0.15, 0.2) is 54.6 Å². The average molecular weight is 346 g/mol. The molecule has 0 bridgehead atoms. The minimum atomic E-state index is -0.453. The molecule has 0 aliphatic rings. The normalized spacial score (nSPS) is 9.88. The van der Waals surface area contributed by atoms with Crippen molar-refractivity contribution in [2.45, 2.75) is 0 Å². The summed E-state index contributed by atoms with van der Waals surface area (Å²) in [6, 6.07) is 15.2. The van der Waals surface area contributed by atoms with Crippen LogP contribution in [0.4, 0.5) is 5.69 Å². The first kappa shape index (κ1) is 17.5. The molecule has 0 saturated carbocycles. The largest absolute Gasteiger partial charge is 0.345 e. The van der Waals surface area contributed by atoms with Gasteiger partial charge in [-0.1, -0.05) is 29.8 Å². The van der Waals surface area contributed by atoms with Gasteiger partial charge in [-0.2, -0.15) is 0 Å². The Hall–Kier alpha value is -2.86. The van der Waals surface area contributed by atoms with E-state index in [1.807, 2.05) is 0 Å². The van der Waals surface area contributed by atoms with Crippen molar-refractivity contribution >= 4 is 35.0 Å². The van der Waals surface area contributed by atoms with Gasteiger partial charge in [0.1, 0.15) is 0 Å². The maximum atomic E-state index is 11.8. The summed E-state index contributed by atoms with van der Waals surface area (Å²) in [5, 5.41) is 8.09. The third kappa shape index (κ3) is 5.73. The highest BCUT2D eigenvalue weighted by Gasteiger charge is 2.09. The first-order valence-corrected chi connectivity index (χ1v) is 7.58. The van der Waals surface area contributed by atoms with Crippen molar-refractivity contribution in [2.75, 3.05) is 18.4 Å². The van der Waals surface area contributed by atoms with Gasteiger partial charge in [-0.15, -0.1) is 0 Å². The third-order valence-electron chi connectivity index (χ3n) is 3.02. The Kier molecular flexibility index (Phi) is 6.33. The second-order valence-corrected chi connectivity index (χ2v) is 5.32. The molecule has 2 aromatic rings. The van der Waals surface area contributed by atoms with Crippen LogP contribution in [0.1, 0.15) is 10.4 Å². The summed E-state index contributed by atoms with van der Waals surface area (Å²) in [5.74, 6) is -1.18. The number of nitrogens with one attached hydrogen (secondary N) is 3. The molecule has 124 valence electrons. The molecule has 0 unspecified atom stereocenters. The van der Waals surface area contributed by atoms with Gasteiger partial charge in [-0.25, -0.2) is 0 Å². The number of halogens is 1. The highest BCUT2D eigenvalue weighted by molar-refractivity contribution is 6.30. The van der Waals surface area contributed by atoms with E-state index < -0.39 is 5.91 Å². The molecule has 2 aromatic carbocycles. The predicted molar refractivity (Wildman–Crippen MR) is 91.9 cm³/mol. The van der Waals surface area contributed by atoms with Gasteiger partial charge in [0.05, 0.1) is 13.1 Å². The smallest absolute Gasteiger partial charge is 0.251 e. The van der Waals surface area contributed by atoms with E-state index in [-0.39, 0.29) is 24.9 Å². The third-order valence-corrected chi connectivity index (χ3v) is 3.27. The summed E-state index contributed by atoms with van der Waals surface area (Å²) >= 11 is 5.75. The molecule has 7 heteroatoms. The monoisotopic (exact) mass is 345 g/mol. The van der Waals surface area contributed by atoms with Crippen LogP contribution in [0.3, 0.4) is 0 Å². The Morgan fingerprint density at radius 2 is 1.42 bits per heavy atom. The van der Waals surface area contributed by atoms with E-state index in [1.165, 1.54) is 0 Å². The maximum Gasteiger partial charge on any atom is 0.251 e. The van der Waals surface area contributed by atoms with E-state index in [4.69, 9.17) is 11.6 Å². The summed E-state index contributed by atoms with van der Waals surface area (Å²) in [5.41, 5.74) is 1.04. The molecule has 0 saturated heterocycles. The second-order valence-electron chi connectivity index (χ2n) is 4.88. The van der Waals surface area contributed by atoms with Gasteiger partial charge in [0.15, 0.2) is 0 Å². The molecule has 0 fully saturated rings. The molecule has 0 heterocycles. The summed E-state index contributed by atoms with van der Waals surface area (Å²) in [6.45, 7) is -0.398. The quantitative estimate of drug-likeness (QED) is 0.746. The van der Waals surface area contributed by atoms with Crippen LogP contribution in [-0.4, -0.2) is 30.8 Å². The number of rotatable bonds is 6. The molecule has 0 aliphatic carbocycles. The Morgan fingerprint density at radius 3 is 2.08 bits per heavy atom. The Morgan fingerprint density at radius 1 is 0.792 bits per heavy atom. The zero-order valence-corrected chi connectivity index (χ0v) is 13.5. The van der Waals surface area contributed by atoms with Gasteiger partial charge in [0, 0.05) is 16.3 Å². The number of benzene rings is 2. The van der Waals surface area contributed by atoms with Gasteiger partial charge in [0.2, 0.25) is 11.8 Å². The van der Waals surface area contributed by atoms with E-state index in [9.17, 15) is 14.4 Å². The van der Waals surface area contributed by atoms with Gasteiger partial charge in [-0.3, -0.25) is 14.4 Å². The Bertz CT molecular complexity index is 718. The molecular formula is C17H16ClN3O3. The zero-order chi connectivity index (χ0) is 17.4.